The molecule has 0 aliphatic carbocycles. The van der Waals surface area contributed by atoms with Crippen LogP contribution in [0.1, 0.15) is 26.3 Å². The van der Waals surface area contributed by atoms with E-state index in [2.05, 4.69) is 11.0 Å². The molecule has 0 spiro atoms. The predicted molar refractivity (Wildman–Crippen MR) is 118 cm³/mol. The number of carbonyl (C=O) groups is 2. The van der Waals surface area contributed by atoms with E-state index in [1.165, 1.54) is 16.7 Å². The van der Waals surface area contributed by atoms with Gasteiger partial charge < -0.3 is 14.4 Å². The van der Waals surface area contributed by atoms with Crippen LogP contribution in [-0.2, 0) is 6.54 Å². The summed E-state index contributed by atoms with van der Waals surface area (Å²) in [6.07, 6.45) is 0. The Morgan fingerprint density at radius 3 is 2.23 bits per heavy atom. The van der Waals surface area contributed by atoms with Gasteiger partial charge in [-0.1, -0.05) is 23.9 Å². The molecule has 0 saturated heterocycles. The van der Waals surface area contributed by atoms with Crippen LogP contribution in [-0.4, -0.2) is 38.0 Å². The van der Waals surface area contributed by atoms with Gasteiger partial charge in [0.25, 0.3) is 11.8 Å². The summed E-state index contributed by atoms with van der Waals surface area (Å²) in [6.45, 7) is 0.124. The first-order valence-electron chi connectivity index (χ1n) is 9.70. The molecular formula is C24H19N2O4S. The molecule has 0 atom stereocenters. The van der Waals surface area contributed by atoms with Crippen LogP contribution in [0.2, 0.25) is 0 Å². The number of nitrogens with zero attached hydrogens (tertiary/aromatic N) is 2. The molecule has 6 nitrogen and oxygen atoms in total. The van der Waals surface area contributed by atoms with Crippen molar-refractivity contribution in [1.82, 2.24) is 4.90 Å². The Balaban J connectivity index is 1.59. The molecule has 2 amide bonds. The van der Waals surface area contributed by atoms with Crippen LogP contribution in [0.3, 0.4) is 0 Å². The number of hydrogen-bond donors (Lipinski definition) is 0. The fourth-order valence-corrected chi connectivity index (χ4v) is 5.26. The summed E-state index contributed by atoms with van der Waals surface area (Å²) in [6, 6.07) is 17.9. The Kier molecular flexibility index (Phi) is 4.63. The van der Waals surface area contributed by atoms with Crippen molar-refractivity contribution in [3.8, 4) is 11.5 Å². The smallest absolute Gasteiger partial charge is 0.261 e. The van der Waals surface area contributed by atoms with E-state index in [-0.39, 0.29) is 18.4 Å². The average Bonchev–Trinajstić information content (AvgIpc) is 3.04. The third-order valence-electron chi connectivity index (χ3n) is 5.62. The molecule has 2 aliphatic heterocycles. The molecule has 0 saturated carbocycles. The number of fused-ring (bicyclic) bond motifs is 3. The zero-order valence-corrected chi connectivity index (χ0v) is 18.1. The fraction of sp³-hybridized carbons (Fsp3) is 0.167. The normalized spacial score (nSPS) is 14.3. The molecule has 0 aromatic heterocycles. The van der Waals surface area contributed by atoms with Crippen LogP contribution in [0.15, 0.2) is 58.3 Å². The lowest BCUT2D eigenvalue weighted by molar-refractivity contribution is 0.0640. The minimum atomic E-state index is -0.289. The monoisotopic (exact) mass is 431 g/mol. The highest BCUT2D eigenvalue weighted by molar-refractivity contribution is 7.99. The Hall–Kier alpha value is -3.45. The largest absolute Gasteiger partial charge is 0.496 e. The molecule has 31 heavy (non-hydrogen) atoms. The first kappa shape index (κ1) is 19.5. The van der Waals surface area contributed by atoms with Crippen molar-refractivity contribution in [2.24, 2.45) is 0 Å². The van der Waals surface area contributed by atoms with Crippen molar-refractivity contribution < 1.29 is 19.1 Å². The lowest BCUT2D eigenvalue weighted by Crippen LogP contribution is -2.30. The molecule has 0 bridgehead atoms. The SMILES string of the molecule is COc1[c]c2c(cc1)N(C)c1ccc(OC)c(CN3C(=O)c4ccccc4C3=O)c1S2. The van der Waals surface area contributed by atoms with Gasteiger partial charge in [0.1, 0.15) is 11.5 Å². The molecule has 1 radical (unpaired) electrons. The molecular weight excluding hydrogens is 412 g/mol. The summed E-state index contributed by atoms with van der Waals surface area (Å²) < 4.78 is 11.0. The molecule has 2 aliphatic rings. The fourth-order valence-electron chi connectivity index (χ4n) is 4.00. The number of benzene rings is 3. The summed E-state index contributed by atoms with van der Waals surface area (Å²) in [5.74, 6) is 0.696. The van der Waals surface area contributed by atoms with Gasteiger partial charge in [0.2, 0.25) is 0 Å². The van der Waals surface area contributed by atoms with Gasteiger partial charge in [-0.25, -0.2) is 0 Å². The summed E-state index contributed by atoms with van der Waals surface area (Å²) in [5, 5.41) is 0. The molecule has 0 N–H and O–H groups in total. The molecule has 0 unspecified atom stereocenters. The number of amides is 2. The Labute approximate surface area is 184 Å². The molecule has 0 fully saturated rings. The number of rotatable bonds is 4. The van der Waals surface area contributed by atoms with Crippen LogP contribution in [0.4, 0.5) is 11.4 Å². The minimum Gasteiger partial charge on any atom is -0.496 e. The van der Waals surface area contributed by atoms with E-state index in [0.717, 1.165) is 26.7 Å². The lowest BCUT2D eigenvalue weighted by Gasteiger charge is -2.32. The zero-order valence-electron chi connectivity index (χ0n) is 17.3. The topological polar surface area (TPSA) is 59.1 Å². The maximum atomic E-state index is 12.9. The number of anilines is 2. The van der Waals surface area contributed by atoms with E-state index in [1.54, 1.807) is 38.5 Å². The third kappa shape index (κ3) is 2.96. The van der Waals surface area contributed by atoms with E-state index in [9.17, 15) is 9.59 Å². The number of ether oxygens (including phenoxy) is 2. The molecule has 3 aromatic rings. The standard InChI is InChI=1S/C24H19N2O4S/c1-25-18-9-8-14(29-2)12-21(18)31-22-17(20(30-3)11-10-19(22)25)13-26-23(27)15-6-4-5-7-16(15)24(26)28/h4-11H,13H2,1-3H3. The summed E-state index contributed by atoms with van der Waals surface area (Å²) in [5.41, 5.74) is 3.64. The highest BCUT2D eigenvalue weighted by Crippen LogP contribution is 2.51. The highest BCUT2D eigenvalue weighted by Gasteiger charge is 2.37. The van der Waals surface area contributed by atoms with E-state index < -0.39 is 0 Å². The second kappa shape index (κ2) is 7.35. The zero-order chi connectivity index (χ0) is 21.7. The van der Waals surface area contributed by atoms with E-state index in [0.29, 0.717) is 22.6 Å². The highest BCUT2D eigenvalue weighted by atomic mass is 32.2. The van der Waals surface area contributed by atoms with Crippen LogP contribution in [0.25, 0.3) is 0 Å². The number of imide groups is 1. The first-order chi connectivity index (χ1) is 15.0. The minimum absolute atomic E-state index is 0.124. The van der Waals surface area contributed by atoms with E-state index in [4.69, 9.17) is 9.47 Å². The predicted octanol–water partition coefficient (Wildman–Crippen LogP) is 4.53. The maximum Gasteiger partial charge on any atom is 0.261 e. The van der Waals surface area contributed by atoms with Crippen LogP contribution in [0.5, 0.6) is 11.5 Å². The molecule has 3 aromatic carbocycles. The van der Waals surface area contributed by atoms with E-state index >= 15 is 0 Å². The van der Waals surface area contributed by atoms with Crippen molar-refractivity contribution in [2.75, 3.05) is 26.2 Å². The van der Waals surface area contributed by atoms with Crippen LogP contribution in [0, 0.1) is 6.07 Å². The van der Waals surface area contributed by atoms with Gasteiger partial charge in [0.05, 0.1) is 43.3 Å². The van der Waals surface area contributed by atoms with Gasteiger partial charge in [-0.2, -0.15) is 0 Å². The summed E-state index contributed by atoms with van der Waals surface area (Å²) >= 11 is 1.54. The molecule has 155 valence electrons. The number of methoxy groups -OCH3 is 2. The molecule has 2 heterocycles. The van der Waals surface area contributed by atoms with Crippen LogP contribution >= 0.6 is 11.8 Å². The molecule has 7 heteroatoms. The van der Waals surface area contributed by atoms with Gasteiger partial charge in [-0.3, -0.25) is 14.5 Å². The summed E-state index contributed by atoms with van der Waals surface area (Å²) in [4.78, 5) is 31.1. The quantitative estimate of drug-likeness (QED) is 0.566. The van der Waals surface area contributed by atoms with Crippen molar-refractivity contribution in [1.29, 1.82) is 0 Å². The van der Waals surface area contributed by atoms with Crippen molar-refractivity contribution in [2.45, 2.75) is 16.3 Å². The Morgan fingerprint density at radius 2 is 1.58 bits per heavy atom. The Bertz CT molecular complexity index is 1210. The lowest BCUT2D eigenvalue weighted by atomic mass is 10.1. The van der Waals surface area contributed by atoms with Crippen LogP contribution < -0.4 is 14.4 Å². The Morgan fingerprint density at radius 1 is 0.903 bits per heavy atom. The van der Waals surface area contributed by atoms with E-state index in [1.807, 2.05) is 31.3 Å². The first-order valence-corrected chi connectivity index (χ1v) is 10.5. The van der Waals surface area contributed by atoms with Crippen molar-refractivity contribution >= 4 is 35.0 Å². The number of carbonyl (C=O) groups excluding carboxylic acids is 2. The van der Waals surface area contributed by atoms with Gasteiger partial charge in [0, 0.05) is 28.5 Å². The van der Waals surface area contributed by atoms with Gasteiger partial charge in [-0.15, -0.1) is 0 Å². The maximum absolute atomic E-state index is 12.9. The van der Waals surface area contributed by atoms with Crippen molar-refractivity contribution in [3.63, 3.8) is 0 Å². The van der Waals surface area contributed by atoms with Gasteiger partial charge in [-0.05, 0) is 36.4 Å². The van der Waals surface area contributed by atoms with Gasteiger partial charge in [0.15, 0.2) is 0 Å². The third-order valence-corrected chi connectivity index (χ3v) is 6.79. The average molecular weight is 431 g/mol. The number of hydrogen-bond acceptors (Lipinski definition) is 6. The van der Waals surface area contributed by atoms with Gasteiger partial charge >= 0.3 is 0 Å². The second-order valence-corrected chi connectivity index (χ2v) is 8.26. The molecule has 5 rings (SSSR count). The second-order valence-electron chi connectivity index (χ2n) is 7.24. The summed E-state index contributed by atoms with van der Waals surface area (Å²) in [7, 11) is 5.18. The van der Waals surface area contributed by atoms with Crippen molar-refractivity contribution in [3.05, 3.63) is 71.3 Å².